The van der Waals surface area contributed by atoms with Crippen molar-refractivity contribution >= 4 is 39.8 Å². The monoisotopic (exact) mass is 569 g/mol. The Morgan fingerprint density at radius 1 is 0.973 bits per heavy atom. The Balaban J connectivity index is 1.62. The highest BCUT2D eigenvalue weighted by atomic mass is 79.9. The molecule has 0 spiro atoms. The molecule has 0 unspecified atom stereocenters. The van der Waals surface area contributed by atoms with Crippen LogP contribution in [0, 0.1) is 0 Å². The summed E-state index contributed by atoms with van der Waals surface area (Å²) in [5.41, 5.74) is 1.35. The zero-order valence-electron chi connectivity index (χ0n) is 20.7. The highest BCUT2D eigenvalue weighted by Crippen LogP contribution is 2.19. The van der Waals surface area contributed by atoms with E-state index in [1.54, 1.807) is 69.6 Å². The van der Waals surface area contributed by atoms with E-state index in [9.17, 15) is 14.4 Å². The summed E-state index contributed by atoms with van der Waals surface area (Å²) in [5.74, 6) is -0.146. The number of alkyl carbamates (subject to hydrolysis) is 1. The van der Waals surface area contributed by atoms with E-state index in [0.717, 1.165) is 15.6 Å². The molecule has 9 nitrogen and oxygen atoms in total. The first kappa shape index (κ1) is 27.7. The number of benzene rings is 2. The summed E-state index contributed by atoms with van der Waals surface area (Å²) in [6, 6.07) is 16.3. The van der Waals surface area contributed by atoms with Crippen LogP contribution in [0.15, 0.2) is 77.5 Å². The number of rotatable bonds is 8. The number of carbonyl (C=O) groups is 3. The maximum atomic E-state index is 13.0. The molecule has 0 bridgehead atoms. The first-order chi connectivity index (χ1) is 17.6. The maximum absolute atomic E-state index is 13.0. The lowest BCUT2D eigenvalue weighted by Gasteiger charge is -2.23. The summed E-state index contributed by atoms with van der Waals surface area (Å²) >= 11 is 3.40. The fraction of sp³-hybridized carbons (Fsp3) is 0.259. The summed E-state index contributed by atoms with van der Waals surface area (Å²) in [4.78, 5) is 41.3. The average Bonchev–Trinajstić information content (AvgIpc) is 2.84. The Bertz CT molecular complexity index is 1210. The zero-order valence-corrected chi connectivity index (χ0v) is 22.3. The van der Waals surface area contributed by atoms with Crippen molar-refractivity contribution in [1.29, 1.82) is 0 Å². The molecule has 0 saturated heterocycles. The molecule has 0 aliphatic rings. The lowest BCUT2D eigenvalue weighted by atomic mass is 10.0. The Morgan fingerprint density at radius 2 is 1.65 bits per heavy atom. The number of hydrogen-bond donors (Lipinski definition) is 2. The number of anilines is 1. The van der Waals surface area contributed by atoms with Gasteiger partial charge < -0.3 is 24.8 Å². The highest BCUT2D eigenvalue weighted by molar-refractivity contribution is 9.10. The topological polar surface area (TPSA) is 116 Å². The molecule has 0 saturated carbocycles. The second-order valence-corrected chi connectivity index (χ2v) is 9.86. The molecular weight excluding hydrogens is 542 g/mol. The fourth-order valence-electron chi connectivity index (χ4n) is 3.13. The molecule has 1 atom stereocenters. The summed E-state index contributed by atoms with van der Waals surface area (Å²) in [6.45, 7) is 5.27. The summed E-state index contributed by atoms with van der Waals surface area (Å²) in [5, 5.41) is 5.39. The number of aromatic nitrogens is 1. The lowest BCUT2D eigenvalue weighted by molar-refractivity contribution is -0.118. The third-order valence-electron chi connectivity index (χ3n) is 4.82. The number of halogens is 1. The van der Waals surface area contributed by atoms with Crippen LogP contribution < -0.4 is 15.4 Å². The molecule has 37 heavy (non-hydrogen) atoms. The normalized spacial score (nSPS) is 11.7. The van der Waals surface area contributed by atoms with E-state index in [-0.39, 0.29) is 18.8 Å². The van der Waals surface area contributed by atoms with Gasteiger partial charge >= 0.3 is 12.2 Å². The highest BCUT2D eigenvalue weighted by Gasteiger charge is 2.25. The standard InChI is InChI=1S/C27H28BrN3O6/c1-27(2,3)37-25(33)31-23(24(32)30-20-12-14-29-15-13-20)16-18-8-10-21(11-9-18)36-26(34)35-17-19-6-4-5-7-22(19)28/h4-15,23H,16-17H2,1-3H3,(H,31,33)(H,29,30,32)/t23-/m0/s1. The van der Waals surface area contributed by atoms with Crippen molar-refractivity contribution in [2.45, 2.75) is 45.4 Å². The Morgan fingerprint density at radius 3 is 2.30 bits per heavy atom. The SMILES string of the molecule is CC(C)(C)OC(=O)N[C@@H](Cc1ccc(OC(=O)OCc2ccccc2Br)cc1)C(=O)Nc1ccncc1. The molecule has 3 aromatic rings. The number of carbonyl (C=O) groups excluding carboxylic acids is 3. The quantitative estimate of drug-likeness (QED) is 0.266. The van der Waals surface area contributed by atoms with Gasteiger partial charge in [0.2, 0.25) is 5.91 Å². The van der Waals surface area contributed by atoms with Crippen LogP contribution in [-0.2, 0) is 27.3 Å². The molecule has 10 heteroatoms. The first-order valence-electron chi connectivity index (χ1n) is 11.5. The molecule has 0 fully saturated rings. The van der Waals surface area contributed by atoms with Crippen LogP contribution >= 0.6 is 15.9 Å². The van der Waals surface area contributed by atoms with E-state index in [2.05, 4.69) is 31.5 Å². The van der Waals surface area contributed by atoms with E-state index in [1.165, 1.54) is 0 Å². The molecule has 1 heterocycles. The van der Waals surface area contributed by atoms with Crippen molar-refractivity contribution in [2.24, 2.45) is 0 Å². The smallest absolute Gasteiger partial charge is 0.444 e. The van der Waals surface area contributed by atoms with Crippen LogP contribution in [0.5, 0.6) is 5.75 Å². The summed E-state index contributed by atoms with van der Waals surface area (Å²) in [7, 11) is 0. The molecule has 2 amide bonds. The first-order valence-corrected chi connectivity index (χ1v) is 12.3. The van der Waals surface area contributed by atoms with Crippen LogP contribution in [0.1, 0.15) is 31.9 Å². The second-order valence-electron chi connectivity index (χ2n) is 9.00. The number of nitrogens with one attached hydrogen (secondary N) is 2. The fourth-order valence-corrected chi connectivity index (χ4v) is 3.53. The Labute approximate surface area is 223 Å². The number of hydrogen-bond acceptors (Lipinski definition) is 7. The summed E-state index contributed by atoms with van der Waals surface area (Å²) in [6.07, 6.45) is 1.71. The molecule has 3 rings (SSSR count). The molecule has 0 aliphatic heterocycles. The second kappa shape index (κ2) is 12.9. The van der Waals surface area contributed by atoms with Crippen LogP contribution in [0.2, 0.25) is 0 Å². The lowest BCUT2D eigenvalue weighted by Crippen LogP contribution is -2.47. The van der Waals surface area contributed by atoms with Gasteiger partial charge in [-0.25, -0.2) is 9.59 Å². The molecule has 0 radical (unpaired) electrons. The number of nitrogens with zero attached hydrogens (tertiary/aromatic N) is 1. The molecular formula is C27H28BrN3O6. The zero-order chi connectivity index (χ0) is 26.8. The minimum Gasteiger partial charge on any atom is -0.444 e. The van der Waals surface area contributed by atoms with E-state index >= 15 is 0 Å². The third-order valence-corrected chi connectivity index (χ3v) is 5.60. The molecule has 0 aliphatic carbocycles. The molecule has 2 aromatic carbocycles. The minimum absolute atomic E-state index is 0.0585. The van der Waals surface area contributed by atoms with Crippen LogP contribution in [-0.4, -0.2) is 34.8 Å². The number of ether oxygens (including phenoxy) is 3. The van der Waals surface area contributed by atoms with E-state index in [1.807, 2.05) is 24.3 Å². The predicted molar refractivity (Wildman–Crippen MR) is 141 cm³/mol. The van der Waals surface area contributed by atoms with Gasteiger partial charge in [-0.2, -0.15) is 0 Å². The van der Waals surface area contributed by atoms with Gasteiger partial charge in [0.05, 0.1) is 0 Å². The maximum Gasteiger partial charge on any atom is 0.514 e. The van der Waals surface area contributed by atoms with Crippen molar-refractivity contribution < 1.29 is 28.6 Å². The largest absolute Gasteiger partial charge is 0.514 e. The van der Waals surface area contributed by atoms with E-state index in [4.69, 9.17) is 14.2 Å². The summed E-state index contributed by atoms with van der Waals surface area (Å²) < 4.78 is 16.5. The minimum atomic E-state index is -0.927. The molecule has 1 aromatic heterocycles. The van der Waals surface area contributed by atoms with Crippen molar-refractivity contribution in [3.63, 3.8) is 0 Å². The van der Waals surface area contributed by atoms with Gasteiger partial charge in [0.1, 0.15) is 24.0 Å². The van der Waals surface area contributed by atoms with Crippen LogP contribution in [0.3, 0.4) is 0 Å². The third kappa shape index (κ3) is 9.57. The molecule has 2 N–H and O–H groups in total. The van der Waals surface area contributed by atoms with E-state index in [0.29, 0.717) is 5.69 Å². The van der Waals surface area contributed by atoms with Crippen LogP contribution in [0.25, 0.3) is 0 Å². The predicted octanol–water partition coefficient (Wildman–Crippen LogP) is 5.63. The van der Waals surface area contributed by atoms with Gasteiger partial charge in [-0.3, -0.25) is 9.78 Å². The van der Waals surface area contributed by atoms with Crippen molar-refractivity contribution in [2.75, 3.05) is 5.32 Å². The van der Waals surface area contributed by atoms with Crippen molar-refractivity contribution in [1.82, 2.24) is 10.3 Å². The van der Waals surface area contributed by atoms with Crippen molar-refractivity contribution in [3.05, 3.63) is 88.7 Å². The van der Waals surface area contributed by atoms with Crippen LogP contribution in [0.4, 0.5) is 15.3 Å². The van der Waals surface area contributed by atoms with Gasteiger partial charge in [0, 0.05) is 34.5 Å². The van der Waals surface area contributed by atoms with Gasteiger partial charge in [-0.05, 0) is 56.7 Å². The Hall–Kier alpha value is -3.92. The van der Waals surface area contributed by atoms with Gasteiger partial charge in [-0.15, -0.1) is 0 Å². The van der Waals surface area contributed by atoms with E-state index < -0.39 is 29.8 Å². The Kier molecular flexibility index (Phi) is 9.62. The number of pyridine rings is 1. The van der Waals surface area contributed by atoms with Gasteiger partial charge in [-0.1, -0.05) is 46.3 Å². The van der Waals surface area contributed by atoms with Gasteiger partial charge in [0.15, 0.2) is 0 Å². The van der Waals surface area contributed by atoms with Gasteiger partial charge in [0.25, 0.3) is 0 Å². The number of amides is 2. The van der Waals surface area contributed by atoms with Crippen molar-refractivity contribution in [3.8, 4) is 5.75 Å². The molecule has 194 valence electrons. The average molecular weight is 570 g/mol.